The summed E-state index contributed by atoms with van der Waals surface area (Å²) in [5.41, 5.74) is 7.28. The van der Waals surface area contributed by atoms with Crippen LogP contribution in [0.5, 0.6) is 11.5 Å². The lowest BCUT2D eigenvalue weighted by Crippen LogP contribution is -2.13. The average Bonchev–Trinajstić information content (AvgIpc) is 2.52. The maximum atomic E-state index is 6.26. The molecule has 4 heteroatoms. The van der Waals surface area contributed by atoms with E-state index in [0.717, 1.165) is 22.8 Å². The third-order valence-electron chi connectivity index (χ3n) is 2.97. The molecule has 2 N–H and O–H groups in total. The van der Waals surface area contributed by atoms with Crippen LogP contribution in [0.3, 0.4) is 0 Å². The summed E-state index contributed by atoms with van der Waals surface area (Å²) in [6, 6.07) is 15.9. The standard InChI is InChI=1S/C16H19NO2S/c1-18-13-8-12(9-14(10-13)19-2)16(17)11-20-15-6-4-3-5-7-15/h3-10,16H,11,17H2,1-2H3. The molecular formula is C16H19NO2S. The Balaban J connectivity index is 2.06. The third kappa shape index (κ3) is 3.92. The van der Waals surface area contributed by atoms with Crippen LogP contribution >= 0.6 is 11.8 Å². The molecule has 0 radical (unpaired) electrons. The molecule has 2 aromatic rings. The predicted molar refractivity (Wildman–Crippen MR) is 83.6 cm³/mol. The number of thioether (sulfide) groups is 1. The molecule has 0 aromatic heterocycles. The van der Waals surface area contributed by atoms with E-state index in [4.69, 9.17) is 15.2 Å². The van der Waals surface area contributed by atoms with E-state index in [-0.39, 0.29) is 6.04 Å². The SMILES string of the molecule is COc1cc(OC)cc(C(N)CSc2ccccc2)c1. The fourth-order valence-corrected chi connectivity index (χ4v) is 2.76. The van der Waals surface area contributed by atoms with E-state index in [0.29, 0.717) is 0 Å². The largest absolute Gasteiger partial charge is 0.497 e. The summed E-state index contributed by atoms with van der Waals surface area (Å²) in [5, 5.41) is 0. The van der Waals surface area contributed by atoms with Crippen LogP contribution in [0.1, 0.15) is 11.6 Å². The summed E-state index contributed by atoms with van der Waals surface area (Å²) in [4.78, 5) is 1.22. The highest BCUT2D eigenvalue weighted by Crippen LogP contribution is 2.28. The summed E-state index contributed by atoms with van der Waals surface area (Å²) in [5.74, 6) is 2.33. The lowest BCUT2D eigenvalue weighted by atomic mass is 10.1. The van der Waals surface area contributed by atoms with Crippen molar-refractivity contribution in [2.24, 2.45) is 5.73 Å². The van der Waals surface area contributed by atoms with E-state index in [2.05, 4.69) is 12.1 Å². The van der Waals surface area contributed by atoms with Crippen LogP contribution in [-0.4, -0.2) is 20.0 Å². The van der Waals surface area contributed by atoms with Gasteiger partial charge in [0.1, 0.15) is 11.5 Å². The number of methoxy groups -OCH3 is 2. The lowest BCUT2D eigenvalue weighted by molar-refractivity contribution is 0.393. The van der Waals surface area contributed by atoms with Crippen molar-refractivity contribution in [1.29, 1.82) is 0 Å². The second-order valence-electron chi connectivity index (χ2n) is 4.38. The van der Waals surface area contributed by atoms with Crippen molar-refractivity contribution in [3.05, 3.63) is 54.1 Å². The predicted octanol–water partition coefficient (Wildman–Crippen LogP) is 3.50. The molecule has 0 aliphatic carbocycles. The Kier molecular flexibility index (Phi) is 5.32. The van der Waals surface area contributed by atoms with Crippen LogP contribution < -0.4 is 15.2 Å². The van der Waals surface area contributed by atoms with Crippen molar-refractivity contribution in [3.8, 4) is 11.5 Å². The van der Waals surface area contributed by atoms with E-state index in [1.807, 2.05) is 36.4 Å². The Bertz CT molecular complexity index is 523. The molecule has 1 unspecified atom stereocenters. The minimum absolute atomic E-state index is 0.0655. The first-order valence-electron chi connectivity index (χ1n) is 6.39. The Hall–Kier alpha value is -1.65. The number of benzene rings is 2. The maximum Gasteiger partial charge on any atom is 0.122 e. The van der Waals surface area contributed by atoms with E-state index in [1.54, 1.807) is 26.0 Å². The summed E-state index contributed by atoms with van der Waals surface area (Å²) in [6.07, 6.45) is 0. The molecule has 0 heterocycles. The van der Waals surface area contributed by atoms with Crippen molar-refractivity contribution in [3.63, 3.8) is 0 Å². The second-order valence-corrected chi connectivity index (χ2v) is 5.47. The van der Waals surface area contributed by atoms with Gasteiger partial charge in [0.25, 0.3) is 0 Å². The van der Waals surface area contributed by atoms with E-state index in [9.17, 15) is 0 Å². The van der Waals surface area contributed by atoms with Crippen LogP contribution in [0, 0.1) is 0 Å². The first-order valence-corrected chi connectivity index (χ1v) is 7.38. The van der Waals surface area contributed by atoms with Crippen molar-refractivity contribution in [1.82, 2.24) is 0 Å². The van der Waals surface area contributed by atoms with Gasteiger partial charge in [-0.25, -0.2) is 0 Å². The number of hydrogen-bond acceptors (Lipinski definition) is 4. The molecule has 106 valence electrons. The molecule has 0 aliphatic heterocycles. The molecule has 20 heavy (non-hydrogen) atoms. The van der Waals surface area contributed by atoms with Gasteiger partial charge < -0.3 is 15.2 Å². The molecule has 0 spiro atoms. The fourth-order valence-electron chi connectivity index (χ4n) is 1.84. The smallest absolute Gasteiger partial charge is 0.122 e. The molecule has 1 atom stereocenters. The van der Waals surface area contributed by atoms with Crippen LogP contribution in [0.25, 0.3) is 0 Å². The van der Waals surface area contributed by atoms with Crippen molar-refractivity contribution >= 4 is 11.8 Å². The molecule has 0 saturated carbocycles. The molecule has 0 amide bonds. The number of hydrogen-bond donors (Lipinski definition) is 1. The van der Waals surface area contributed by atoms with Gasteiger partial charge in [0, 0.05) is 22.8 Å². The first-order chi connectivity index (χ1) is 9.72. The quantitative estimate of drug-likeness (QED) is 0.827. The number of rotatable bonds is 6. The van der Waals surface area contributed by atoms with Gasteiger partial charge in [0.2, 0.25) is 0 Å². The molecule has 0 fully saturated rings. The summed E-state index contributed by atoms with van der Waals surface area (Å²) >= 11 is 1.74. The van der Waals surface area contributed by atoms with E-state index in [1.165, 1.54) is 4.90 Å². The van der Waals surface area contributed by atoms with Crippen LogP contribution in [0.2, 0.25) is 0 Å². The highest BCUT2D eigenvalue weighted by atomic mass is 32.2. The Morgan fingerprint density at radius 3 is 2.15 bits per heavy atom. The monoisotopic (exact) mass is 289 g/mol. The zero-order chi connectivity index (χ0) is 14.4. The van der Waals surface area contributed by atoms with E-state index >= 15 is 0 Å². The summed E-state index contributed by atoms with van der Waals surface area (Å²) in [6.45, 7) is 0. The van der Waals surface area contributed by atoms with Gasteiger partial charge in [-0.3, -0.25) is 0 Å². The van der Waals surface area contributed by atoms with Crippen LogP contribution in [0.4, 0.5) is 0 Å². The van der Waals surface area contributed by atoms with Crippen molar-refractivity contribution < 1.29 is 9.47 Å². The number of nitrogens with two attached hydrogens (primary N) is 1. The molecular weight excluding hydrogens is 270 g/mol. The molecule has 0 saturated heterocycles. The average molecular weight is 289 g/mol. The second kappa shape index (κ2) is 7.22. The highest BCUT2D eigenvalue weighted by molar-refractivity contribution is 7.99. The van der Waals surface area contributed by atoms with Gasteiger partial charge in [-0.1, -0.05) is 18.2 Å². The molecule has 2 aromatic carbocycles. The van der Waals surface area contributed by atoms with Crippen LogP contribution in [-0.2, 0) is 0 Å². The Labute approximate surface area is 124 Å². The Morgan fingerprint density at radius 1 is 1.00 bits per heavy atom. The normalized spacial score (nSPS) is 11.9. The van der Waals surface area contributed by atoms with Gasteiger partial charge in [0.05, 0.1) is 14.2 Å². The van der Waals surface area contributed by atoms with Gasteiger partial charge in [0.15, 0.2) is 0 Å². The van der Waals surface area contributed by atoms with Gasteiger partial charge in [-0.05, 0) is 29.8 Å². The van der Waals surface area contributed by atoms with Crippen LogP contribution in [0.15, 0.2) is 53.4 Å². The van der Waals surface area contributed by atoms with Crippen molar-refractivity contribution in [2.45, 2.75) is 10.9 Å². The molecule has 3 nitrogen and oxygen atoms in total. The number of ether oxygens (including phenoxy) is 2. The minimum Gasteiger partial charge on any atom is -0.497 e. The molecule has 0 bridgehead atoms. The van der Waals surface area contributed by atoms with Gasteiger partial charge in [-0.15, -0.1) is 11.8 Å². The van der Waals surface area contributed by atoms with E-state index < -0.39 is 0 Å². The molecule has 0 aliphatic rings. The Morgan fingerprint density at radius 2 is 1.60 bits per heavy atom. The maximum absolute atomic E-state index is 6.26. The third-order valence-corrected chi connectivity index (χ3v) is 4.11. The summed E-state index contributed by atoms with van der Waals surface area (Å²) < 4.78 is 10.5. The first kappa shape index (κ1) is 14.8. The van der Waals surface area contributed by atoms with Gasteiger partial charge in [-0.2, -0.15) is 0 Å². The topological polar surface area (TPSA) is 44.5 Å². The minimum atomic E-state index is -0.0655. The fraction of sp³-hybridized carbons (Fsp3) is 0.250. The zero-order valence-corrected chi connectivity index (χ0v) is 12.5. The highest BCUT2D eigenvalue weighted by Gasteiger charge is 2.10. The molecule has 2 rings (SSSR count). The van der Waals surface area contributed by atoms with Gasteiger partial charge >= 0.3 is 0 Å². The van der Waals surface area contributed by atoms with Crippen molar-refractivity contribution in [2.75, 3.05) is 20.0 Å². The zero-order valence-electron chi connectivity index (χ0n) is 11.7. The summed E-state index contributed by atoms with van der Waals surface area (Å²) in [7, 11) is 3.28. The lowest BCUT2D eigenvalue weighted by Gasteiger charge is -2.14.